The van der Waals surface area contributed by atoms with E-state index in [0.29, 0.717) is 6.54 Å². The molecule has 0 spiro atoms. The Balaban J connectivity index is 2.50. The zero-order valence-corrected chi connectivity index (χ0v) is 9.98. The van der Waals surface area contributed by atoms with Gasteiger partial charge in [-0.1, -0.05) is 12.1 Å². The molecule has 0 amide bonds. The summed E-state index contributed by atoms with van der Waals surface area (Å²) in [6, 6.07) is 10.2. The van der Waals surface area contributed by atoms with Crippen LogP contribution in [-0.2, 0) is 6.54 Å². The molecule has 0 fully saturated rings. The molecule has 0 aliphatic heterocycles. The summed E-state index contributed by atoms with van der Waals surface area (Å²) in [5.41, 5.74) is 2.37. The molecule has 0 aliphatic rings. The van der Waals surface area contributed by atoms with E-state index in [1.807, 2.05) is 22.9 Å². The van der Waals surface area contributed by atoms with E-state index in [1.54, 1.807) is 0 Å². The van der Waals surface area contributed by atoms with Gasteiger partial charge in [-0.3, -0.25) is 0 Å². The maximum absolute atomic E-state index is 9.59. The fraction of sp³-hybridized carbons (Fsp3) is 0.308. The van der Waals surface area contributed by atoms with Crippen molar-refractivity contribution in [3.8, 4) is 0 Å². The highest BCUT2D eigenvalue weighted by Crippen LogP contribution is 2.13. The van der Waals surface area contributed by atoms with Gasteiger partial charge in [-0.25, -0.2) is 0 Å². The van der Waals surface area contributed by atoms with Crippen LogP contribution in [0.4, 0.5) is 0 Å². The second-order valence-electron chi connectivity index (χ2n) is 3.98. The van der Waals surface area contributed by atoms with Gasteiger partial charge < -0.3 is 5.11 Å². The van der Waals surface area contributed by atoms with Crippen molar-refractivity contribution >= 4 is 22.5 Å². The summed E-state index contributed by atoms with van der Waals surface area (Å²) in [7, 11) is 0. The Hall–Kier alpha value is -1.12. The lowest BCUT2D eigenvalue weighted by molar-refractivity contribution is -0.677. The molecule has 3 heteroatoms. The SMILES string of the molecule is Cc1cc[n+](CC(O)CCl)c2ccccc12. The first kappa shape index (κ1) is 11.4. The van der Waals surface area contributed by atoms with E-state index in [9.17, 15) is 5.11 Å². The molecule has 1 unspecified atom stereocenters. The Kier molecular flexibility index (Phi) is 3.42. The molecule has 84 valence electrons. The maximum Gasteiger partial charge on any atom is 0.212 e. The van der Waals surface area contributed by atoms with Crippen LogP contribution in [-0.4, -0.2) is 17.1 Å². The molecular formula is C13H15ClNO+. The standard InChI is InChI=1S/C13H15ClNO/c1-10-6-7-15(9-11(16)8-14)13-5-3-2-4-12(10)13/h2-7,11,16H,8-9H2,1H3/q+1. The van der Waals surface area contributed by atoms with Crippen LogP contribution in [0.1, 0.15) is 5.56 Å². The maximum atomic E-state index is 9.59. The zero-order valence-electron chi connectivity index (χ0n) is 9.23. The van der Waals surface area contributed by atoms with Crippen LogP contribution in [0.2, 0.25) is 0 Å². The quantitative estimate of drug-likeness (QED) is 0.640. The summed E-state index contributed by atoms with van der Waals surface area (Å²) in [6.07, 6.45) is 1.49. The van der Waals surface area contributed by atoms with Gasteiger partial charge in [0.15, 0.2) is 12.7 Å². The number of nitrogens with zero attached hydrogens (tertiary/aromatic N) is 1. The van der Waals surface area contributed by atoms with Crippen molar-refractivity contribution < 1.29 is 9.67 Å². The third-order valence-electron chi connectivity index (χ3n) is 2.73. The number of halogens is 1. The molecule has 2 aromatic rings. The zero-order chi connectivity index (χ0) is 11.5. The average Bonchev–Trinajstić information content (AvgIpc) is 2.33. The molecule has 2 rings (SSSR count). The number of aryl methyl sites for hydroxylation is 1. The fourth-order valence-electron chi connectivity index (χ4n) is 1.86. The number of para-hydroxylation sites is 1. The van der Waals surface area contributed by atoms with Gasteiger partial charge >= 0.3 is 0 Å². The van der Waals surface area contributed by atoms with Gasteiger partial charge in [0.2, 0.25) is 5.52 Å². The van der Waals surface area contributed by atoms with E-state index < -0.39 is 6.10 Å². The largest absolute Gasteiger partial charge is 0.385 e. The predicted molar refractivity (Wildman–Crippen MR) is 65.6 cm³/mol. The number of fused-ring (bicyclic) bond motifs is 1. The number of alkyl halides is 1. The topological polar surface area (TPSA) is 24.1 Å². The van der Waals surface area contributed by atoms with Gasteiger partial charge in [0, 0.05) is 17.5 Å². The third kappa shape index (κ3) is 2.18. The van der Waals surface area contributed by atoms with E-state index >= 15 is 0 Å². The van der Waals surface area contributed by atoms with Crippen molar-refractivity contribution in [2.24, 2.45) is 0 Å². The van der Waals surface area contributed by atoms with Crippen molar-refractivity contribution in [2.45, 2.75) is 19.6 Å². The van der Waals surface area contributed by atoms with E-state index in [-0.39, 0.29) is 5.88 Å². The Bertz CT molecular complexity index is 498. The summed E-state index contributed by atoms with van der Waals surface area (Å²) < 4.78 is 2.04. The molecule has 0 bridgehead atoms. The summed E-state index contributed by atoms with van der Waals surface area (Å²) in [5, 5.41) is 10.8. The van der Waals surface area contributed by atoms with Crippen molar-refractivity contribution in [3.63, 3.8) is 0 Å². The fourth-order valence-corrected chi connectivity index (χ4v) is 1.96. The van der Waals surface area contributed by atoms with Crippen LogP contribution >= 0.6 is 11.6 Å². The Morgan fingerprint density at radius 3 is 2.81 bits per heavy atom. The Labute approximate surface area is 100 Å². The molecule has 1 N–H and O–H groups in total. The van der Waals surface area contributed by atoms with Crippen molar-refractivity contribution in [3.05, 3.63) is 42.1 Å². The monoisotopic (exact) mass is 236 g/mol. The normalized spacial score (nSPS) is 12.9. The third-order valence-corrected chi connectivity index (χ3v) is 3.08. The molecule has 1 aromatic heterocycles. The number of aliphatic hydroxyl groups is 1. The number of pyridine rings is 1. The summed E-state index contributed by atoms with van der Waals surface area (Å²) in [4.78, 5) is 0. The van der Waals surface area contributed by atoms with E-state index in [4.69, 9.17) is 11.6 Å². The lowest BCUT2D eigenvalue weighted by Gasteiger charge is -2.06. The summed E-state index contributed by atoms with van der Waals surface area (Å²) in [6.45, 7) is 2.62. The van der Waals surface area contributed by atoms with Gasteiger partial charge in [-0.2, -0.15) is 4.57 Å². The number of benzene rings is 1. The molecule has 1 aromatic carbocycles. The van der Waals surface area contributed by atoms with Gasteiger partial charge in [0.25, 0.3) is 0 Å². The van der Waals surface area contributed by atoms with Crippen LogP contribution in [0.5, 0.6) is 0 Å². The molecule has 0 saturated heterocycles. The first-order valence-corrected chi connectivity index (χ1v) is 5.87. The van der Waals surface area contributed by atoms with E-state index in [2.05, 4.69) is 25.1 Å². The lowest BCUT2D eigenvalue weighted by Crippen LogP contribution is -2.41. The smallest absolute Gasteiger partial charge is 0.212 e. The number of rotatable bonds is 3. The number of hydrogen-bond donors (Lipinski definition) is 1. The summed E-state index contributed by atoms with van der Waals surface area (Å²) >= 11 is 5.62. The van der Waals surface area contributed by atoms with Gasteiger partial charge in [-0.15, -0.1) is 11.6 Å². The number of aliphatic hydroxyl groups excluding tert-OH is 1. The highest BCUT2D eigenvalue weighted by molar-refractivity contribution is 6.18. The van der Waals surface area contributed by atoms with Gasteiger partial charge in [0.1, 0.15) is 6.10 Å². The minimum atomic E-state index is -0.502. The highest BCUT2D eigenvalue weighted by atomic mass is 35.5. The molecule has 1 heterocycles. The minimum absolute atomic E-state index is 0.259. The molecular weight excluding hydrogens is 222 g/mol. The molecule has 0 radical (unpaired) electrons. The van der Waals surface area contributed by atoms with Crippen LogP contribution in [0, 0.1) is 6.92 Å². The molecule has 2 nitrogen and oxygen atoms in total. The van der Waals surface area contributed by atoms with Crippen LogP contribution in [0.15, 0.2) is 36.5 Å². The van der Waals surface area contributed by atoms with Crippen molar-refractivity contribution in [1.82, 2.24) is 0 Å². The molecule has 1 atom stereocenters. The first-order chi connectivity index (χ1) is 7.72. The van der Waals surface area contributed by atoms with Crippen LogP contribution < -0.4 is 4.57 Å². The van der Waals surface area contributed by atoms with Crippen molar-refractivity contribution in [1.29, 1.82) is 0 Å². The predicted octanol–water partition coefficient (Wildman–Crippen LogP) is 2.04. The molecule has 16 heavy (non-hydrogen) atoms. The average molecular weight is 237 g/mol. The number of aromatic nitrogens is 1. The number of hydrogen-bond acceptors (Lipinski definition) is 1. The van der Waals surface area contributed by atoms with Crippen LogP contribution in [0.25, 0.3) is 10.9 Å². The van der Waals surface area contributed by atoms with Crippen LogP contribution in [0.3, 0.4) is 0 Å². The second-order valence-corrected chi connectivity index (χ2v) is 4.28. The first-order valence-electron chi connectivity index (χ1n) is 5.34. The van der Waals surface area contributed by atoms with Gasteiger partial charge in [-0.05, 0) is 18.6 Å². The minimum Gasteiger partial charge on any atom is -0.385 e. The van der Waals surface area contributed by atoms with Gasteiger partial charge in [0.05, 0.1) is 5.88 Å². The van der Waals surface area contributed by atoms with E-state index in [1.165, 1.54) is 10.9 Å². The van der Waals surface area contributed by atoms with Crippen molar-refractivity contribution in [2.75, 3.05) is 5.88 Å². The summed E-state index contributed by atoms with van der Waals surface area (Å²) in [5.74, 6) is 0.259. The highest BCUT2D eigenvalue weighted by Gasteiger charge is 2.14. The Morgan fingerprint density at radius 1 is 1.31 bits per heavy atom. The lowest BCUT2D eigenvalue weighted by atomic mass is 10.1. The molecule has 0 aliphatic carbocycles. The second kappa shape index (κ2) is 4.81. The Morgan fingerprint density at radius 2 is 2.06 bits per heavy atom. The molecule has 0 saturated carbocycles. The van der Waals surface area contributed by atoms with E-state index in [0.717, 1.165) is 5.52 Å².